The molecule has 2 heterocycles. The number of allylic oxidation sites excluding steroid dienone is 4. The van der Waals surface area contributed by atoms with Crippen molar-refractivity contribution in [1.29, 1.82) is 0 Å². The van der Waals surface area contributed by atoms with Crippen LogP contribution in [-0.4, -0.2) is 18.6 Å². The molecule has 1 aromatic carbocycles. The predicted octanol–water partition coefficient (Wildman–Crippen LogP) is 12.9. The van der Waals surface area contributed by atoms with Gasteiger partial charge >= 0.3 is 37.9 Å². The number of rotatable bonds is 4. The van der Waals surface area contributed by atoms with Gasteiger partial charge in [0.1, 0.15) is 0 Å². The van der Waals surface area contributed by atoms with Crippen molar-refractivity contribution in [3.63, 3.8) is 0 Å². The second-order valence-electron chi connectivity index (χ2n) is 15.0. The Morgan fingerprint density at radius 2 is 1.38 bits per heavy atom. The van der Waals surface area contributed by atoms with Gasteiger partial charge < -0.3 is 14.9 Å². The summed E-state index contributed by atoms with van der Waals surface area (Å²) in [7, 11) is 8.33. The topological polar surface area (TPSA) is 0 Å². The molecule has 234 valence electrons. The van der Waals surface area contributed by atoms with Crippen LogP contribution in [0.1, 0.15) is 90.7 Å². The van der Waals surface area contributed by atoms with E-state index in [1.165, 1.54) is 37.7 Å². The van der Waals surface area contributed by atoms with Gasteiger partial charge in [0.15, 0.2) is 0 Å². The van der Waals surface area contributed by atoms with E-state index in [-0.39, 0.29) is 20.3 Å². The molecule has 6 heteroatoms. The Balaban J connectivity index is 0.000000930. The minimum absolute atomic E-state index is 0. The van der Waals surface area contributed by atoms with Crippen molar-refractivity contribution in [2.24, 2.45) is 29.6 Å². The summed E-state index contributed by atoms with van der Waals surface area (Å²) in [5.41, 5.74) is 5.32. The number of thioether (sulfide) groups is 2. The van der Waals surface area contributed by atoms with Gasteiger partial charge in [-0.2, -0.15) is 0 Å². The van der Waals surface area contributed by atoms with Crippen LogP contribution < -0.4 is 0 Å². The summed E-state index contributed by atoms with van der Waals surface area (Å²) in [5.74, 6) is 5.21. The fourth-order valence-electron chi connectivity index (χ4n) is 10.1. The summed E-state index contributed by atoms with van der Waals surface area (Å²) < 4.78 is 0. The van der Waals surface area contributed by atoms with Crippen LogP contribution in [0, 0.1) is 44.4 Å². The zero-order chi connectivity index (χ0) is 29.0. The van der Waals surface area contributed by atoms with E-state index in [0.29, 0.717) is 0 Å². The molecule has 6 rings (SSSR count). The van der Waals surface area contributed by atoms with E-state index in [9.17, 15) is 0 Å². The minimum atomic E-state index is -1.53. The molecule has 5 aliphatic rings. The van der Waals surface area contributed by atoms with E-state index in [1.54, 1.807) is 15.4 Å². The van der Waals surface area contributed by atoms with Gasteiger partial charge in [0, 0.05) is 10.5 Å². The number of fused-ring (bicyclic) bond motifs is 4. The molecule has 2 aliphatic heterocycles. The molecule has 9 unspecified atom stereocenters. The van der Waals surface area contributed by atoms with E-state index in [1.807, 2.05) is 0 Å². The van der Waals surface area contributed by atoms with E-state index in [4.69, 9.17) is 17.0 Å². The first-order valence-electron chi connectivity index (χ1n) is 15.7. The molecule has 42 heavy (non-hydrogen) atoms. The number of benzene rings is 1. The third-order valence-corrected chi connectivity index (χ3v) is 19.8. The van der Waals surface area contributed by atoms with Crippen LogP contribution in [0.4, 0.5) is 0 Å². The van der Waals surface area contributed by atoms with Gasteiger partial charge in [-0.3, -0.25) is 0 Å². The maximum atomic E-state index is 4.93. The summed E-state index contributed by atoms with van der Waals surface area (Å²) in [5, 5.41) is 1.71. The quantitative estimate of drug-likeness (QED) is 0.223. The average Bonchev–Trinajstić information content (AvgIpc) is 3.62. The van der Waals surface area contributed by atoms with E-state index in [0.717, 1.165) is 57.1 Å². The molecule has 9 atom stereocenters. The first kappa shape index (κ1) is 37.5. The van der Waals surface area contributed by atoms with Crippen molar-refractivity contribution in [2.75, 3.05) is 0 Å². The molecule has 0 saturated heterocycles. The number of halogens is 2. The molecule has 3 aliphatic carbocycles. The van der Waals surface area contributed by atoms with Crippen molar-refractivity contribution in [3.8, 4) is 0 Å². The molecule has 0 N–H and O–H groups in total. The summed E-state index contributed by atoms with van der Waals surface area (Å²) >= 11 is 3.73. The molecule has 0 amide bonds. The van der Waals surface area contributed by atoms with E-state index < -0.39 is 28.9 Å². The molecule has 0 bridgehead atoms. The molecule has 3 fully saturated rings. The van der Waals surface area contributed by atoms with Gasteiger partial charge in [-0.05, 0) is 99.6 Å². The standard InChI is InChI=1S/C34H50S2Si.2CH3.2ClH.Zr/c1-9-22-19-27-25(23-13-15-24(16-14-23)34(4,5)6)11-10-12-26(27)32(22)37(7,8)33-30-28(17-20(2)35-30)29-18-21(3)36-31(29)33;;;;;/h13-18,22,25-33H,9-12,19H2,1-8H3;2*1H3;2*1H;/q;2*-1;;;+4/p-2. The molecule has 3 saturated carbocycles. The zero-order valence-corrected chi connectivity index (χ0v) is 34.4. The van der Waals surface area contributed by atoms with Gasteiger partial charge in [-0.25, -0.2) is 0 Å². The van der Waals surface area contributed by atoms with Gasteiger partial charge in [0.05, 0.1) is 8.07 Å². The van der Waals surface area contributed by atoms with Crippen molar-refractivity contribution >= 4 is 48.6 Å². The number of hydrogen-bond donors (Lipinski definition) is 0. The number of hydrogen-bond acceptors (Lipinski definition) is 2. The van der Waals surface area contributed by atoms with Gasteiger partial charge in [-0.1, -0.05) is 96.5 Å². The molecule has 0 spiro atoms. The average molecular weight is 743 g/mol. The van der Waals surface area contributed by atoms with Crippen LogP contribution in [0.25, 0.3) is 0 Å². The second-order valence-corrected chi connectivity index (χ2v) is 26.5. The van der Waals surface area contributed by atoms with E-state index >= 15 is 0 Å². The van der Waals surface area contributed by atoms with Crippen molar-refractivity contribution in [1.82, 2.24) is 0 Å². The zero-order valence-electron chi connectivity index (χ0n) is 27.8. The first-order chi connectivity index (χ1) is 18.9. The van der Waals surface area contributed by atoms with Crippen LogP contribution in [0.3, 0.4) is 0 Å². The summed E-state index contributed by atoms with van der Waals surface area (Å²) in [4.78, 5) is 3.22. The molecular weight excluding hydrogens is 687 g/mol. The van der Waals surface area contributed by atoms with Crippen molar-refractivity contribution in [2.45, 2.75) is 120 Å². The molecule has 0 nitrogen and oxygen atoms in total. The molecular formula is C36H56Cl2S2SiZr. The Morgan fingerprint density at radius 1 is 0.857 bits per heavy atom. The molecule has 0 radical (unpaired) electrons. The maximum absolute atomic E-state index is 4.93. The van der Waals surface area contributed by atoms with Gasteiger partial charge in [-0.15, -0.1) is 23.5 Å². The van der Waals surface area contributed by atoms with Gasteiger partial charge in [0.25, 0.3) is 0 Å². The fourth-order valence-corrected chi connectivity index (χ4v) is 21.2. The van der Waals surface area contributed by atoms with Crippen LogP contribution in [0.2, 0.25) is 24.2 Å². The summed E-state index contributed by atoms with van der Waals surface area (Å²) in [6.45, 7) is 20.1. The van der Waals surface area contributed by atoms with Crippen molar-refractivity contribution < 1.29 is 20.8 Å². The first-order valence-corrected chi connectivity index (χ1v) is 26.9. The summed E-state index contributed by atoms with van der Waals surface area (Å²) in [6.07, 6.45) is 12.6. The van der Waals surface area contributed by atoms with Crippen molar-refractivity contribution in [3.05, 3.63) is 72.2 Å². The monoisotopic (exact) mass is 740 g/mol. The Kier molecular flexibility index (Phi) is 13.3. The Hall–Kier alpha value is 1.08. The summed E-state index contributed by atoms with van der Waals surface area (Å²) in [6, 6.07) is 9.92. The normalized spacial score (nSPS) is 36.6. The van der Waals surface area contributed by atoms with Crippen LogP contribution in [0.15, 0.2) is 46.2 Å². The SMILES string of the molecule is CCC1CC2C(c3ccc(C(C)(C)C)cc3)CCCC2C1[Si](C)(C)C1C2SC(C)=CC2C2C=C(C)SC21.[CH3-].[CH3-].[Cl][Zr+2][Cl]. The third-order valence-electron chi connectivity index (χ3n) is 11.5. The Labute approximate surface area is 288 Å². The molecule has 0 aromatic heterocycles. The van der Waals surface area contributed by atoms with Crippen LogP contribution >= 0.6 is 40.5 Å². The second kappa shape index (κ2) is 14.9. The fraction of sp³-hybridized carbons (Fsp3) is 0.667. The predicted molar refractivity (Wildman–Crippen MR) is 194 cm³/mol. The Bertz CT molecular complexity index is 1080. The van der Waals surface area contributed by atoms with Crippen LogP contribution in [-0.2, 0) is 26.3 Å². The van der Waals surface area contributed by atoms with Crippen LogP contribution in [0.5, 0.6) is 0 Å². The van der Waals surface area contributed by atoms with Gasteiger partial charge in [0.2, 0.25) is 0 Å². The third kappa shape index (κ3) is 7.00. The van der Waals surface area contributed by atoms with E-state index in [2.05, 4.69) is 115 Å². The molecule has 1 aromatic rings. The Morgan fingerprint density at radius 3 is 1.86 bits per heavy atom.